The molecule has 202 valence electrons. The fraction of sp³-hybridized carbons (Fsp3) is 0.840. The molecule has 0 spiro atoms. The number of carbonyl (C=O) groups is 4. The molecule has 0 aromatic rings. The van der Waals surface area contributed by atoms with E-state index in [0.717, 1.165) is 38.5 Å². The quantitative estimate of drug-likeness (QED) is 0.381. The van der Waals surface area contributed by atoms with Gasteiger partial charge in [0.25, 0.3) is 0 Å². The maximum Gasteiger partial charge on any atom is 0.407 e. The number of methoxy groups -OCH3 is 1. The van der Waals surface area contributed by atoms with Crippen LogP contribution in [0.3, 0.4) is 0 Å². The second-order valence-electron chi connectivity index (χ2n) is 11.1. The van der Waals surface area contributed by atoms with Crippen LogP contribution >= 0.6 is 0 Å². The lowest BCUT2D eigenvalue weighted by atomic mass is 9.84. The Morgan fingerprint density at radius 3 is 1.43 bits per heavy atom. The molecular weight excluding hydrogens is 456 g/mol. The molecule has 0 heterocycles. The van der Waals surface area contributed by atoms with Crippen molar-refractivity contribution in [3.8, 4) is 0 Å². The molecule has 0 aromatic heterocycles. The summed E-state index contributed by atoms with van der Waals surface area (Å²) in [7, 11) is 1.38. The van der Waals surface area contributed by atoms with Crippen LogP contribution in [0.4, 0.5) is 9.59 Å². The lowest BCUT2D eigenvalue weighted by Crippen LogP contribution is -2.47. The predicted molar refractivity (Wildman–Crippen MR) is 130 cm³/mol. The third-order valence-corrected chi connectivity index (χ3v) is 5.76. The molecule has 3 N–H and O–H groups in total. The van der Waals surface area contributed by atoms with Crippen molar-refractivity contribution < 1.29 is 38.5 Å². The minimum Gasteiger partial charge on any atom is -0.481 e. The Balaban J connectivity index is 0.000000351. The number of hydrogen-bond donors (Lipinski definition) is 3. The van der Waals surface area contributed by atoms with Crippen LogP contribution in [0.2, 0.25) is 0 Å². The van der Waals surface area contributed by atoms with Crippen LogP contribution in [0.25, 0.3) is 0 Å². The van der Waals surface area contributed by atoms with E-state index >= 15 is 0 Å². The molecule has 2 aliphatic rings. The summed E-state index contributed by atoms with van der Waals surface area (Å²) in [5.74, 6) is -1.84. The van der Waals surface area contributed by atoms with Gasteiger partial charge in [0.15, 0.2) is 0 Å². The second-order valence-corrected chi connectivity index (χ2v) is 11.1. The maximum atomic E-state index is 11.7. The number of rotatable bonds is 4. The monoisotopic (exact) mass is 500 g/mol. The Hall–Kier alpha value is -2.52. The van der Waals surface area contributed by atoms with Gasteiger partial charge >= 0.3 is 24.1 Å². The molecule has 10 heteroatoms. The summed E-state index contributed by atoms with van der Waals surface area (Å²) in [6.45, 7) is 10.8. The zero-order chi connectivity index (χ0) is 26.8. The lowest BCUT2D eigenvalue weighted by molar-refractivity contribution is -0.147. The lowest BCUT2D eigenvalue weighted by Gasteiger charge is -2.31. The van der Waals surface area contributed by atoms with E-state index in [4.69, 9.17) is 19.3 Å². The normalized spacial score (nSPS) is 24.7. The van der Waals surface area contributed by atoms with Crippen molar-refractivity contribution in [2.24, 2.45) is 11.8 Å². The molecule has 4 atom stereocenters. The van der Waals surface area contributed by atoms with E-state index in [2.05, 4.69) is 10.6 Å². The summed E-state index contributed by atoms with van der Waals surface area (Å²) < 4.78 is 15.1. The Morgan fingerprint density at radius 2 is 1.06 bits per heavy atom. The molecule has 2 saturated carbocycles. The number of carbonyl (C=O) groups excluding carboxylic acids is 3. The average molecular weight is 501 g/mol. The van der Waals surface area contributed by atoms with Gasteiger partial charge in [0.05, 0.1) is 18.9 Å². The number of ether oxygens (including phenoxy) is 3. The fourth-order valence-corrected chi connectivity index (χ4v) is 4.25. The minimum atomic E-state index is -0.842. The van der Waals surface area contributed by atoms with Crippen LogP contribution in [-0.4, -0.2) is 59.6 Å². The van der Waals surface area contributed by atoms with Crippen molar-refractivity contribution in [2.45, 2.75) is 116 Å². The first-order chi connectivity index (χ1) is 16.1. The van der Waals surface area contributed by atoms with Crippen molar-refractivity contribution in [3.05, 3.63) is 0 Å². The molecular formula is C25H44N2O8. The SMILES string of the molecule is CC(C)(C)OC(=O)N[C@@H]1CCCC[C@H]1C(=O)O.COC(=O)[C@@H]1CCCC[C@H]1NC(=O)OC(C)(C)C. The molecule has 0 unspecified atom stereocenters. The molecule has 0 radical (unpaired) electrons. The van der Waals surface area contributed by atoms with Gasteiger partial charge in [0, 0.05) is 12.1 Å². The van der Waals surface area contributed by atoms with Gasteiger partial charge in [-0.15, -0.1) is 0 Å². The van der Waals surface area contributed by atoms with Gasteiger partial charge in [0.2, 0.25) is 0 Å². The summed E-state index contributed by atoms with van der Waals surface area (Å²) in [5.41, 5.74) is -1.09. The van der Waals surface area contributed by atoms with E-state index in [-0.39, 0.29) is 24.0 Å². The molecule has 0 aliphatic heterocycles. The molecule has 2 rings (SSSR count). The fourth-order valence-electron chi connectivity index (χ4n) is 4.25. The van der Waals surface area contributed by atoms with Gasteiger partial charge < -0.3 is 30.0 Å². The number of esters is 1. The third-order valence-electron chi connectivity index (χ3n) is 5.76. The number of nitrogens with one attached hydrogen (secondary N) is 2. The van der Waals surface area contributed by atoms with Crippen LogP contribution in [0, 0.1) is 11.8 Å². The van der Waals surface area contributed by atoms with Crippen LogP contribution in [0.1, 0.15) is 92.9 Å². The van der Waals surface area contributed by atoms with Crippen molar-refractivity contribution >= 4 is 24.1 Å². The molecule has 2 amide bonds. The third kappa shape index (κ3) is 12.1. The minimum absolute atomic E-state index is 0.180. The molecule has 2 fully saturated rings. The smallest absolute Gasteiger partial charge is 0.407 e. The number of alkyl carbamates (subject to hydrolysis) is 2. The second kappa shape index (κ2) is 13.5. The Morgan fingerprint density at radius 1 is 0.686 bits per heavy atom. The van der Waals surface area contributed by atoms with Gasteiger partial charge in [-0.1, -0.05) is 25.7 Å². The zero-order valence-corrected chi connectivity index (χ0v) is 22.3. The highest BCUT2D eigenvalue weighted by atomic mass is 16.6. The Bertz CT molecular complexity index is 726. The van der Waals surface area contributed by atoms with E-state index in [1.54, 1.807) is 20.8 Å². The largest absolute Gasteiger partial charge is 0.481 e. The number of hydrogen-bond acceptors (Lipinski definition) is 7. The Labute approximate surface area is 208 Å². The van der Waals surface area contributed by atoms with Crippen LogP contribution < -0.4 is 10.6 Å². The van der Waals surface area contributed by atoms with Crippen molar-refractivity contribution in [2.75, 3.05) is 7.11 Å². The maximum absolute atomic E-state index is 11.7. The number of carboxylic acids is 1. The molecule has 0 bridgehead atoms. The Kier molecular flexibility index (Phi) is 11.8. The topological polar surface area (TPSA) is 140 Å². The summed E-state index contributed by atoms with van der Waals surface area (Å²) in [4.78, 5) is 45.9. The zero-order valence-electron chi connectivity index (χ0n) is 22.3. The number of carboxylic acid groups (broad SMARTS) is 1. The molecule has 0 saturated heterocycles. The summed E-state index contributed by atoms with van der Waals surface area (Å²) in [6.07, 6.45) is 5.73. The molecule has 10 nitrogen and oxygen atoms in total. The van der Waals surface area contributed by atoms with Gasteiger partial charge in [-0.3, -0.25) is 9.59 Å². The highest BCUT2D eigenvalue weighted by molar-refractivity contribution is 5.75. The van der Waals surface area contributed by atoms with Crippen molar-refractivity contribution in [1.82, 2.24) is 10.6 Å². The summed E-state index contributed by atoms with van der Waals surface area (Å²) >= 11 is 0. The predicted octanol–water partition coefficient (Wildman–Crippen LogP) is 4.40. The van der Waals surface area contributed by atoms with E-state index in [0.29, 0.717) is 12.8 Å². The molecule has 35 heavy (non-hydrogen) atoms. The van der Waals surface area contributed by atoms with E-state index in [1.807, 2.05) is 20.8 Å². The van der Waals surface area contributed by atoms with E-state index in [9.17, 15) is 19.2 Å². The van der Waals surface area contributed by atoms with Crippen LogP contribution in [-0.2, 0) is 23.8 Å². The van der Waals surface area contributed by atoms with Gasteiger partial charge in [0.1, 0.15) is 11.2 Å². The van der Waals surface area contributed by atoms with E-state index < -0.39 is 35.3 Å². The van der Waals surface area contributed by atoms with Crippen LogP contribution in [0.5, 0.6) is 0 Å². The van der Waals surface area contributed by atoms with Gasteiger partial charge in [-0.25, -0.2) is 9.59 Å². The van der Waals surface area contributed by atoms with Crippen molar-refractivity contribution in [3.63, 3.8) is 0 Å². The number of aliphatic carboxylic acids is 1. The van der Waals surface area contributed by atoms with Crippen molar-refractivity contribution in [1.29, 1.82) is 0 Å². The average Bonchev–Trinajstić information content (AvgIpc) is 2.71. The summed E-state index contributed by atoms with van der Waals surface area (Å²) in [6, 6.07) is -0.489. The summed E-state index contributed by atoms with van der Waals surface area (Å²) in [5, 5.41) is 14.5. The van der Waals surface area contributed by atoms with Gasteiger partial charge in [-0.2, -0.15) is 0 Å². The van der Waals surface area contributed by atoms with Gasteiger partial charge in [-0.05, 0) is 67.2 Å². The van der Waals surface area contributed by atoms with Crippen LogP contribution in [0.15, 0.2) is 0 Å². The molecule has 0 aromatic carbocycles. The first-order valence-corrected chi connectivity index (χ1v) is 12.4. The highest BCUT2D eigenvalue weighted by Crippen LogP contribution is 2.26. The number of amides is 2. The first kappa shape index (κ1) is 30.5. The highest BCUT2D eigenvalue weighted by Gasteiger charge is 2.34. The molecule has 2 aliphatic carbocycles. The van der Waals surface area contributed by atoms with E-state index in [1.165, 1.54) is 7.11 Å². The standard InChI is InChI=1S/C13H23NO4.C12H21NO4/c1-13(2,3)18-12(16)14-10-8-6-5-7-9(10)11(15)17-4;1-12(2,3)17-11(16)13-9-7-5-4-6-8(9)10(14)15/h9-10H,5-8H2,1-4H3,(H,14,16);8-9H,4-7H2,1-3H3,(H,13,16)(H,14,15)/t9-,10-;8-,9-/m11/s1. The first-order valence-electron chi connectivity index (χ1n) is 12.4.